The van der Waals surface area contributed by atoms with Gasteiger partial charge in [-0.15, -0.1) is 11.8 Å². The first kappa shape index (κ1) is 27.9. The summed E-state index contributed by atoms with van der Waals surface area (Å²) in [5.74, 6) is -1.45. The van der Waals surface area contributed by atoms with Gasteiger partial charge in [-0.1, -0.05) is 41.4 Å². The fourth-order valence-electron chi connectivity index (χ4n) is 3.79. The van der Waals surface area contributed by atoms with Gasteiger partial charge in [0.05, 0.1) is 23.0 Å². The molecule has 0 amide bonds. The Morgan fingerprint density at radius 1 is 1.00 bits per heavy atom. The summed E-state index contributed by atoms with van der Waals surface area (Å²) >= 11 is 14.5. The molecule has 0 aromatic heterocycles. The van der Waals surface area contributed by atoms with E-state index in [2.05, 4.69) is 4.90 Å². The molecule has 0 bridgehead atoms. The van der Waals surface area contributed by atoms with Crippen LogP contribution in [-0.4, -0.2) is 69.7 Å². The van der Waals surface area contributed by atoms with Gasteiger partial charge in [0.15, 0.2) is 0 Å². The molecule has 2 N–H and O–H groups in total. The van der Waals surface area contributed by atoms with Crippen molar-refractivity contribution in [3.05, 3.63) is 75.8 Å². The molecule has 36 heavy (non-hydrogen) atoms. The lowest BCUT2D eigenvalue weighted by Crippen LogP contribution is -2.20. The van der Waals surface area contributed by atoms with E-state index < -0.39 is 11.9 Å². The first-order valence-electron chi connectivity index (χ1n) is 11.5. The zero-order chi connectivity index (χ0) is 25.9. The minimum Gasteiger partial charge on any atom is -0.478 e. The van der Waals surface area contributed by atoms with E-state index in [1.54, 1.807) is 0 Å². The molecular weight excluding hydrogens is 521 g/mol. The van der Waals surface area contributed by atoms with Crippen LogP contribution in [0.4, 0.5) is 5.69 Å². The van der Waals surface area contributed by atoms with Crippen LogP contribution in [0, 0.1) is 0 Å². The molecule has 2 aliphatic rings. The van der Waals surface area contributed by atoms with Crippen molar-refractivity contribution in [2.24, 2.45) is 9.98 Å². The molecule has 190 valence electrons. The molecule has 0 spiro atoms. The largest absolute Gasteiger partial charge is 0.478 e. The van der Waals surface area contributed by atoms with Crippen LogP contribution in [-0.2, 0) is 9.59 Å². The molecule has 2 aliphatic heterocycles. The number of aliphatic imine (C=N–C) groups is 2. The molecule has 0 aliphatic carbocycles. The Hall–Kier alpha value is -2.65. The highest BCUT2D eigenvalue weighted by Crippen LogP contribution is 2.31. The van der Waals surface area contributed by atoms with Gasteiger partial charge in [0.2, 0.25) is 0 Å². The number of nitrogens with zero attached hydrogens (tertiary/aromatic N) is 3. The van der Waals surface area contributed by atoms with E-state index in [1.165, 1.54) is 38.9 Å². The zero-order valence-electron chi connectivity index (χ0n) is 19.6. The molecule has 0 radical (unpaired) electrons. The maximum Gasteiger partial charge on any atom is 0.328 e. The number of halogens is 2. The van der Waals surface area contributed by atoms with Gasteiger partial charge in [-0.2, -0.15) is 0 Å². The van der Waals surface area contributed by atoms with Crippen molar-refractivity contribution in [1.82, 2.24) is 4.90 Å². The highest BCUT2D eigenvalue weighted by molar-refractivity contribution is 8.14. The lowest BCUT2D eigenvalue weighted by molar-refractivity contribution is -0.134. The SMILES string of the molecule is Clc1ccc2c(c1)C(c1ccccc1Cl)=NCC(SCCCN1CCCC1)=N2.O=C(O)/C=C/C(=O)O. The van der Waals surface area contributed by atoms with E-state index in [9.17, 15) is 9.59 Å². The number of carboxylic acids is 2. The standard InChI is InChI=1S/C22H23Cl2N3S.C4H4O4/c23-16-8-9-20-18(14-16)22(17-6-1-2-7-19(17)24)25-15-21(26-20)28-13-5-12-27-10-3-4-11-27;5-3(6)1-2-4(7)8/h1-2,6-9,14H,3-5,10-13,15H2;1-2H,(H,5,6)(H,7,8)/b;2-1+. The molecule has 4 rings (SSSR count). The van der Waals surface area contributed by atoms with Crippen molar-refractivity contribution in [2.75, 3.05) is 31.9 Å². The van der Waals surface area contributed by atoms with Crippen molar-refractivity contribution < 1.29 is 19.8 Å². The molecule has 2 heterocycles. The van der Waals surface area contributed by atoms with Crippen LogP contribution in [0.15, 0.2) is 64.6 Å². The Kier molecular flexibility index (Phi) is 11.0. The van der Waals surface area contributed by atoms with Gasteiger partial charge < -0.3 is 15.1 Å². The number of carboxylic acid groups (broad SMARTS) is 2. The van der Waals surface area contributed by atoms with Crippen molar-refractivity contribution in [3.8, 4) is 0 Å². The summed E-state index contributed by atoms with van der Waals surface area (Å²) in [5.41, 5.74) is 3.62. The third-order valence-corrected chi connectivity index (χ3v) is 7.03. The zero-order valence-corrected chi connectivity index (χ0v) is 21.9. The predicted molar refractivity (Wildman–Crippen MR) is 148 cm³/mol. The summed E-state index contributed by atoms with van der Waals surface area (Å²) in [4.78, 5) is 31.5. The van der Waals surface area contributed by atoms with Crippen LogP contribution in [0.2, 0.25) is 10.0 Å². The summed E-state index contributed by atoms with van der Waals surface area (Å²) in [6.45, 7) is 4.26. The summed E-state index contributed by atoms with van der Waals surface area (Å²) in [5, 5.41) is 18.0. The number of carbonyl (C=O) groups is 2. The summed E-state index contributed by atoms with van der Waals surface area (Å²) in [7, 11) is 0. The first-order chi connectivity index (χ1) is 17.3. The normalized spacial score (nSPS) is 15.4. The van der Waals surface area contributed by atoms with Crippen LogP contribution in [0.5, 0.6) is 0 Å². The van der Waals surface area contributed by atoms with E-state index in [-0.39, 0.29) is 0 Å². The second kappa shape index (κ2) is 14.2. The van der Waals surface area contributed by atoms with E-state index >= 15 is 0 Å². The molecule has 7 nitrogen and oxygen atoms in total. The first-order valence-corrected chi connectivity index (χ1v) is 13.2. The molecule has 0 unspecified atom stereocenters. The Morgan fingerprint density at radius 2 is 1.69 bits per heavy atom. The number of likely N-dealkylation sites (tertiary alicyclic amines) is 1. The third kappa shape index (κ3) is 8.78. The van der Waals surface area contributed by atoms with Gasteiger partial charge >= 0.3 is 11.9 Å². The smallest absolute Gasteiger partial charge is 0.328 e. The molecule has 1 fully saturated rings. The third-order valence-electron chi connectivity index (χ3n) is 5.41. The minimum absolute atomic E-state index is 0.558. The lowest BCUT2D eigenvalue weighted by Gasteiger charge is -2.13. The van der Waals surface area contributed by atoms with Gasteiger partial charge in [0.25, 0.3) is 0 Å². The fraction of sp³-hybridized carbons (Fsp3) is 0.308. The number of hydrogen-bond acceptors (Lipinski definition) is 6. The Bertz CT molecular complexity index is 1160. The Labute approximate surface area is 224 Å². The highest BCUT2D eigenvalue weighted by Gasteiger charge is 2.19. The molecule has 1 saturated heterocycles. The maximum atomic E-state index is 9.55. The average Bonchev–Trinajstić information content (AvgIpc) is 3.30. The minimum atomic E-state index is -1.26. The van der Waals surface area contributed by atoms with E-state index in [1.807, 2.05) is 54.2 Å². The lowest BCUT2D eigenvalue weighted by atomic mass is 10.0. The quantitative estimate of drug-likeness (QED) is 0.335. The number of hydrogen-bond donors (Lipinski definition) is 2. The average molecular weight is 548 g/mol. The van der Waals surface area contributed by atoms with Crippen molar-refractivity contribution in [3.63, 3.8) is 0 Å². The molecule has 2 aromatic carbocycles. The Balaban J connectivity index is 0.000000392. The predicted octanol–water partition coefficient (Wildman–Crippen LogP) is 5.81. The molecule has 0 atom stereocenters. The van der Waals surface area contributed by atoms with Crippen molar-refractivity contribution in [2.45, 2.75) is 19.3 Å². The van der Waals surface area contributed by atoms with E-state index in [0.717, 1.165) is 33.3 Å². The van der Waals surface area contributed by atoms with Gasteiger partial charge in [-0.05, 0) is 63.2 Å². The molecule has 10 heteroatoms. The number of rotatable bonds is 7. The van der Waals surface area contributed by atoms with Gasteiger partial charge in [0.1, 0.15) is 0 Å². The van der Waals surface area contributed by atoms with Crippen LogP contribution in [0.25, 0.3) is 0 Å². The van der Waals surface area contributed by atoms with Crippen LogP contribution in [0.3, 0.4) is 0 Å². The van der Waals surface area contributed by atoms with Gasteiger partial charge in [0, 0.05) is 39.1 Å². The van der Waals surface area contributed by atoms with Crippen molar-refractivity contribution >= 4 is 63.3 Å². The second-order valence-electron chi connectivity index (χ2n) is 8.07. The molecular formula is C26H27Cl2N3O4S. The molecule has 0 saturated carbocycles. The monoisotopic (exact) mass is 547 g/mol. The van der Waals surface area contributed by atoms with E-state index in [4.69, 9.17) is 43.4 Å². The summed E-state index contributed by atoms with van der Waals surface area (Å²) in [6.07, 6.45) is 4.99. The summed E-state index contributed by atoms with van der Waals surface area (Å²) in [6, 6.07) is 13.6. The number of thioether (sulfide) groups is 1. The van der Waals surface area contributed by atoms with Crippen LogP contribution >= 0.6 is 35.0 Å². The Morgan fingerprint density at radius 3 is 2.36 bits per heavy atom. The number of fused-ring (bicyclic) bond motifs is 1. The van der Waals surface area contributed by atoms with Crippen LogP contribution in [0.1, 0.15) is 30.4 Å². The summed E-state index contributed by atoms with van der Waals surface area (Å²) < 4.78 is 0. The topological polar surface area (TPSA) is 103 Å². The highest BCUT2D eigenvalue weighted by atomic mass is 35.5. The van der Waals surface area contributed by atoms with Crippen LogP contribution < -0.4 is 0 Å². The second-order valence-corrected chi connectivity index (χ2v) is 10.1. The fourth-order valence-corrected chi connectivity index (χ4v) is 5.01. The maximum absolute atomic E-state index is 9.55. The van der Waals surface area contributed by atoms with Crippen molar-refractivity contribution in [1.29, 1.82) is 0 Å². The van der Waals surface area contributed by atoms with Gasteiger partial charge in [-0.25, -0.2) is 14.6 Å². The number of aliphatic carboxylic acids is 2. The van der Waals surface area contributed by atoms with E-state index in [0.29, 0.717) is 28.7 Å². The molecule has 2 aromatic rings. The number of benzene rings is 2. The van der Waals surface area contributed by atoms with Gasteiger partial charge in [-0.3, -0.25) is 4.99 Å².